The van der Waals surface area contributed by atoms with Crippen LogP contribution >= 0.6 is 0 Å². The normalized spacial score (nSPS) is 10.7. The Morgan fingerprint density at radius 2 is 1.93 bits per heavy atom. The van der Waals surface area contributed by atoms with Crippen LogP contribution in [0, 0.1) is 0 Å². The Kier molecular flexibility index (Phi) is 5.50. The van der Waals surface area contributed by atoms with Gasteiger partial charge in [0.05, 0.1) is 13.0 Å². The number of amides is 2. The molecule has 0 heterocycles. The quantitative estimate of drug-likeness (QED) is 0.551. The van der Waals surface area contributed by atoms with Crippen LogP contribution in [0.4, 0.5) is 18.0 Å². The van der Waals surface area contributed by atoms with E-state index in [-0.39, 0.29) is 19.6 Å². The van der Waals surface area contributed by atoms with Crippen molar-refractivity contribution in [3.63, 3.8) is 0 Å². The minimum absolute atomic E-state index is 0.168. The summed E-state index contributed by atoms with van der Waals surface area (Å²) in [4.78, 5) is 21.2. The van der Waals surface area contributed by atoms with E-state index in [4.69, 9.17) is 0 Å². The molecule has 88 valence electrons. The molecule has 5 nitrogen and oxygen atoms in total. The van der Waals surface area contributed by atoms with Gasteiger partial charge in [-0.05, 0) is 6.92 Å². The van der Waals surface area contributed by atoms with Crippen LogP contribution in [0.2, 0.25) is 0 Å². The maximum atomic E-state index is 11.5. The third-order valence-electron chi connectivity index (χ3n) is 1.18. The summed E-state index contributed by atoms with van der Waals surface area (Å²) in [6.07, 6.45) is -4.94. The van der Waals surface area contributed by atoms with Gasteiger partial charge in [0, 0.05) is 6.54 Å². The summed E-state index contributed by atoms with van der Waals surface area (Å²) in [6, 6.07) is -1.40. The van der Waals surface area contributed by atoms with Gasteiger partial charge in [0.15, 0.2) is 0 Å². The van der Waals surface area contributed by atoms with E-state index >= 15 is 0 Å². The Morgan fingerprint density at radius 1 is 1.33 bits per heavy atom. The number of nitrogens with one attached hydrogen (secondary N) is 2. The lowest BCUT2D eigenvalue weighted by Gasteiger charge is -2.09. The van der Waals surface area contributed by atoms with Gasteiger partial charge in [-0.15, -0.1) is 0 Å². The molecule has 0 aromatic heterocycles. The molecule has 0 aromatic carbocycles. The first-order valence-electron chi connectivity index (χ1n) is 4.13. The van der Waals surface area contributed by atoms with Crippen molar-refractivity contribution < 1.29 is 27.5 Å². The summed E-state index contributed by atoms with van der Waals surface area (Å²) < 4.78 is 39.1. The predicted octanol–water partition coefficient (Wildman–Crippen LogP) is 0.759. The van der Waals surface area contributed by atoms with Crippen LogP contribution in [0.3, 0.4) is 0 Å². The van der Waals surface area contributed by atoms with Crippen molar-refractivity contribution in [2.75, 3.05) is 13.2 Å². The minimum Gasteiger partial charge on any atom is -0.466 e. The highest BCUT2D eigenvalue weighted by atomic mass is 19.4. The second kappa shape index (κ2) is 6.10. The molecule has 2 N–H and O–H groups in total. The number of hydrogen-bond acceptors (Lipinski definition) is 3. The smallest absolute Gasteiger partial charge is 0.466 e. The molecule has 0 unspecified atom stereocenters. The van der Waals surface area contributed by atoms with Gasteiger partial charge in [0.25, 0.3) is 0 Å². The average molecular weight is 228 g/mol. The second-order valence-corrected chi connectivity index (χ2v) is 2.43. The van der Waals surface area contributed by atoms with Gasteiger partial charge in [-0.25, -0.2) is 10.1 Å². The highest BCUT2D eigenvalue weighted by Gasteiger charge is 2.29. The second-order valence-electron chi connectivity index (χ2n) is 2.43. The van der Waals surface area contributed by atoms with Crippen LogP contribution in [-0.2, 0) is 9.53 Å². The van der Waals surface area contributed by atoms with Gasteiger partial charge in [-0.2, -0.15) is 13.2 Å². The zero-order valence-corrected chi connectivity index (χ0v) is 7.98. The SMILES string of the molecule is CCOC(=O)CCNC(=O)NC(F)(F)F. The lowest BCUT2D eigenvalue weighted by atomic mass is 10.4. The summed E-state index contributed by atoms with van der Waals surface area (Å²) in [5.74, 6) is -0.579. The van der Waals surface area contributed by atoms with Gasteiger partial charge in [0.1, 0.15) is 0 Å². The summed E-state index contributed by atoms with van der Waals surface area (Å²) in [5.41, 5.74) is 0. The fourth-order valence-electron chi connectivity index (χ4n) is 0.684. The molecule has 0 saturated heterocycles. The average Bonchev–Trinajstić information content (AvgIpc) is 2.00. The fraction of sp³-hybridized carbons (Fsp3) is 0.714. The Hall–Kier alpha value is -1.47. The number of esters is 1. The zero-order chi connectivity index (χ0) is 11.9. The highest BCUT2D eigenvalue weighted by Crippen LogP contribution is 2.08. The van der Waals surface area contributed by atoms with Crippen LogP contribution in [0.15, 0.2) is 0 Å². The first kappa shape index (κ1) is 13.5. The molecular weight excluding hydrogens is 217 g/mol. The van der Waals surface area contributed by atoms with Crippen molar-refractivity contribution in [1.82, 2.24) is 10.6 Å². The van der Waals surface area contributed by atoms with Gasteiger partial charge in [0.2, 0.25) is 0 Å². The van der Waals surface area contributed by atoms with Crippen molar-refractivity contribution in [2.45, 2.75) is 19.6 Å². The van der Waals surface area contributed by atoms with E-state index in [1.807, 2.05) is 5.32 Å². The van der Waals surface area contributed by atoms with E-state index < -0.39 is 18.3 Å². The van der Waals surface area contributed by atoms with Gasteiger partial charge in [-0.1, -0.05) is 0 Å². The number of hydrogen-bond donors (Lipinski definition) is 2. The van der Waals surface area contributed by atoms with E-state index in [1.54, 1.807) is 6.92 Å². The maximum Gasteiger partial charge on any atom is 0.485 e. The number of alkyl halides is 3. The summed E-state index contributed by atoms with van der Waals surface area (Å²) in [5, 5.41) is 2.58. The summed E-state index contributed by atoms with van der Waals surface area (Å²) in [6.45, 7) is 1.58. The van der Waals surface area contributed by atoms with E-state index in [2.05, 4.69) is 4.74 Å². The number of urea groups is 1. The third kappa shape index (κ3) is 8.85. The summed E-state index contributed by atoms with van der Waals surface area (Å²) >= 11 is 0. The largest absolute Gasteiger partial charge is 0.485 e. The summed E-state index contributed by atoms with van der Waals surface area (Å²) in [7, 11) is 0. The fourth-order valence-corrected chi connectivity index (χ4v) is 0.684. The van der Waals surface area contributed by atoms with Crippen molar-refractivity contribution in [2.24, 2.45) is 0 Å². The molecule has 0 aliphatic rings. The van der Waals surface area contributed by atoms with E-state index in [0.29, 0.717) is 0 Å². The topological polar surface area (TPSA) is 67.4 Å². The van der Waals surface area contributed by atoms with Crippen LogP contribution in [-0.4, -0.2) is 31.5 Å². The molecule has 0 aromatic rings. The van der Waals surface area contributed by atoms with Gasteiger partial charge < -0.3 is 10.1 Å². The Labute approximate surface area is 84.0 Å². The molecule has 0 rings (SSSR count). The Bertz CT molecular complexity index is 230. The maximum absolute atomic E-state index is 11.5. The standard InChI is InChI=1S/C7H11F3N2O3/c1-2-15-5(13)3-4-11-6(14)12-7(8,9)10/h2-4H2,1H3,(H2,11,12,14). The molecule has 2 amide bonds. The molecule has 0 spiro atoms. The lowest BCUT2D eigenvalue weighted by molar-refractivity contribution is -0.145. The van der Waals surface area contributed by atoms with Gasteiger partial charge >= 0.3 is 18.3 Å². The molecule has 0 aliphatic heterocycles. The zero-order valence-electron chi connectivity index (χ0n) is 7.98. The first-order valence-corrected chi connectivity index (χ1v) is 4.13. The van der Waals surface area contributed by atoms with Crippen LogP contribution < -0.4 is 10.6 Å². The molecule has 8 heteroatoms. The monoisotopic (exact) mass is 228 g/mol. The molecule has 0 fully saturated rings. The number of carbonyl (C=O) groups excluding carboxylic acids is 2. The van der Waals surface area contributed by atoms with E-state index in [0.717, 1.165) is 5.32 Å². The van der Waals surface area contributed by atoms with Crippen molar-refractivity contribution >= 4 is 12.0 Å². The van der Waals surface area contributed by atoms with Crippen LogP contribution in [0.1, 0.15) is 13.3 Å². The Balaban J connectivity index is 3.60. The third-order valence-corrected chi connectivity index (χ3v) is 1.18. The van der Waals surface area contributed by atoms with Crippen LogP contribution in [0.25, 0.3) is 0 Å². The number of halogens is 3. The first-order chi connectivity index (χ1) is 6.85. The molecule has 15 heavy (non-hydrogen) atoms. The number of rotatable bonds is 4. The van der Waals surface area contributed by atoms with E-state index in [9.17, 15) is 22.8 Å². The lowest BCUT2D eigenvalue weighted by Crippen LogP contribution is -2.44. The Morgan fingerprint density at radius 3 is 2.40 bits per heavy atom. The molecular formula is C7H11F3N2O3. The highest BCUT2D eigenvalue weighted by molar-refractivity contribution is 5.75. The minimum atomic E-state index is -4.77. The predicted molar refractivity (Wildman–Crippen MR) is 43.8 cm³/mol. The molecule has 0 aliphatic carbocycles. The number of carbonyl (C=O) groups is 2. The molecule has 0 radical (unpaired) electrons. The van der Waals surface area contributed by atoms with Crippen molar-refractivity contribution in [3.05, 3.63) is 0 Å². The van der Waals surface area contributed by atoms with Crippen molar-refractivity contribution in [1.29, 1.82) is 0 Å². The number of ether oxygens (including phenoxy) is 1. The molecule has 0 saturated carbocycles. The molecule has 0 bridgehead atoms. The molecule has 0 atom stereocenters. The van der Waals surface area contributed by atoms with Gasteiger partial charge in [-0.3, -0.25) is 4.79 Å². The van der Waals surface area contributed by atoms with Crippen molar-refractivity contribution in [3.8, 4) is 0 Å². The van der Waals surface area contributed by atoms with E-state index in [1.165, 1.54) is 0 Å². The van der Waals surface area contributed by atoms with Crippen LogP contribution in [0.5, 0.6) is 0 Å².